The Kier molecular flexibility index (Phi) is 53.9. The fourth-order valence-electron chi connectivity index (χ4n) is 15.4. The fourth-order valence-corrected chi connectivity index (χ4v) is 15.4. The van der Waals surface area contributed by atoms with Crippen LogP contribution in [0.2, 0.25) is 0 Å². The minimum atomic E-state index is -2.39. The van der Waals surface area contributed by atoms with E-state index in [1.807, 2.05) is 0 Å². The van der Waals surface area contributed by atoms with Gasteiger partial charge < -0.3 is 145 Å². The van der Waals surface area contributed by atoms with E-state index in [4.69, 9.17) is 56.8 Å². The molecule has 3 aliphatic rings. The van der Waals surface area contributed by atoms with Crippen LogP contribution in [0.4, 0.5) is 22.0 Å². The second-order valence-corrected chi connectivity index (χ2v) is 34.0. The van der Waals surface area contributed by atoms with Crippen molar-refractivity contribution in [1.82, 2.24) is 98.1 Å². The maximum atomic E-state index is 14.2. The molecule has 800 valence electrons. The zero-order chi connectivity index (χ0) is 103. The quantitative estimate of drug-likeness (QED) is 0.00513. The second kappa shape index (κ2) is 64.5. The molecule has 0 spiro atoms. The van der Waals surface area contributed by atoms with Gasteiger partial charge in [-0.1, -0.05) is 54.2 Å². The van der Waals surface area contributed by atoms with Crippen molar-refractivity contribution in [3.63, 3.8) is 0 Å². The Bertz CT molecular complexity index is 4160. The van der Waals surface area contributed by atoms with Gasteiger partial charge in [0.05, 0.1) is 116 Å². The fraction of sp³-hybridized carbons (Fsp3) is 0.739. The van der Waals surface area contributed by atoms with E-state index in [1.165, 1.54) is 42.1 Å². The first-order valence-corrected chi connectivity index (χ1v) is 47.4. The summed E-state index contributed by atoms with van der Waals surface area (Å²) in [6.45, 7) is 7.44. The molecule has 3 aliphatic heterocycles. The van der Waals surface area contributed by atoms with Crippen LogP contribution in [-0.4, -0.2) is 378 Å². The molecule has 49 nitrogen and oxygen atoms in total. The van der Waals surface area contributed by atoms with Gasteiger partial charge in [0, 0.05) is 138 Å². The van der Waals surface area contributed by atoms with Gasteiger partial charge in [0.25, 0.3) is 17.7 Å². The lowest BCUT2D eigenvalue weighted by atomic mass is 9.82. The molecule has 3 aromatic heterocycles. The summed E-state index contributed by atoms with van der Waals surface area (Å²) in [6.07, 6.45) is -6.31. The van der Waals surface area contributed by atoms with Crippen molar-refractivity contribution < 1.29 is 167 Å². The van der Waals surface area contributed by atoms with Gasteiger partial charge in [0.1, 0.15) is 54.7 Å². The van der Waals surface area contributed by atoms with Crippen molar-refractivity contribution in [3.05, 3.63) is 64.8 Å². The van der Waals surface area contributed by atoms with E-state index in [-0.39, 0.29) is 176 Å². The average Bonchev–Trinajstić information content (AvgIpc) is 0.860. The van der Waals surface area contributed by atoms with Gasteiger partial charge in [0.2, 0.25) is 76.2 Å². The van der Waals surface area contributed by atoms with Crippen LogP contribution in [0.3, 0.4) is 0 Å². The lowest BCUT2D eigenvalue weighted by Crippen LogP contribution is -2.66. The van der Waals surface area contributed by atoms with Crippen molar-refractivity contribution in [2.24, 2.45) is 0 Å². The average molecular weight is 2040 g/mol. The molecule has 0 radical (unpaired) electrons. The van der Waals surface area contributed by atoms with Crippen LogP contribution in [0.25, 0.3) is 0 Å². The number of nitrogens with one attached hydrogen (secondary N) is 10. The molecule has 4 aromatic rings. The molecule has 7 rings (SSSR count). The monoisotopic (exact) mass is 2040 g/mol. The van der Waals surface area contributed by atoms with Crippen molar-refractivity contribution in [1.29, 1.82) is 0 Å². The Hall–Kier alpha value is -10.3. The summed E-state index contributed by atoms with van der Waals surface area (Å²) in [5, 5.41) is 115. The van der Waals surface area contributed by atoms with Gasteiger partial charge in [-0.3, -0.25) is 52.7 Å². The molecule has 10 amide bonds. The zero-order valence-electron chi connectivity index (χ0n) is 80.7. The number of ether oxygens (including phenoxy) is 13. The van der Waals surface area contributed by atoms with E-state index in [0.717, 1.165) is 0 Å². The highest BCUT2D eigenvalue weighted by atomic mass is 19.2. The predicted molar refractivity (Wildman–Crippen MR) is 480 cm³/mol. The van der Waals surface area contributed by atoms with E-state index in [2.05, 4.69) is 88.8 Å². The minimum Gasteiger partial charge on any atom is -0.420 e. The molecular formula is C88H138F5N19O30. The molecule has 16 N–H and O–H groups in total. The van der Waals surface area contributed by atoms with Crippen LogP contribution in [-0.2, 0) is 148 Å². The normalized spacial score (nSPS) is 21.2. The molecule has 142 heavy (non-hydrogen) atoms. The summed E-state index contributed by atoms with van der Waals surface area (Å²) in [4.78, 5) is 141. The van der Waals surface area contributed by atoms with Gasteiger partial charge in [-0.15, -0.1) is 15.3 Å². The number of halogens is 5. The lowest BCUT2D eigenvalue weighted by Gasteiger charge is -2.41. The second-order valence-electron chi connectivity index (χ2n) is 34.0. The standard InChI is InChI=1S/C88H138F5N19O30/c1-53(113)100-69-72(121)75(124)79(140-85(69)130-4)82(127)97-29-15-18-56-50-110(107-104-56)35-41-136-47-44-133-38-32-94-59(116)23-26-88(103-62(119)21-13-11-9-7-8-10-12-14-22-63(120)139-78-67(92)65(90)64(89)66(91)68(78)93,27-24-60(117)95-33-39-134-45-48-137-42-36-111-51-57(105-108-111)19-16-30-98-83(128)80-76(125)73(122)70(101-54(2)114)86(131-5)141-80)28-25-61(118)96-34-40-135-46-49-138-43-37-112-52-58(106-109-112)20-17-31-99-84(129)81-77(126)74(123)71(102-55(3)115)87(132-6)142-81/h50-52,69-77,79-81,85-87,121-126H,7-49H2,1-6H3,(H,94,116)(H,95,117)(H,96,118)(H,97,127)(H,98,128)(H,99,129)(H,100,113)(H,101,114)(H,102,115)(H,103,119)/t69-,70-,71-,72-,73-,74-,75-,76-,77-,79+,80+,81+,85-,86-,87-/m1/s1. The molecule has 15 atom stereocenters. The van der Waals surface area contributed by atoms with Crippen molar-refractivity contribution in [2.45, 2.75) is 279 Å². The number of aliphatic hydroxyl groups excluding tert-OH is 6. The molecule has 1 aromatic carbocycles. The number of hydrogen-bond donors (Lipinski definition) is 16. The summed E-state index contributed by atoms with van der Waals surface area (Å²) in [6, 6.07) is -3.31. The maximum Gasteiger partial charge on any atom is 0.311 e. The van der Waals surface area contributed by atoms with E-state index in [0.29, 0.717) is 120 Å². The number of methoxy groups -OCH3 is 3. The van der Waals surface area contributed by atoms with Crippen molar-refractivity contribution in [3.8, 4) is 5.75 Å². The third-order valence-corrected chi connectivity index (χ3v) is 22.9. The van der Waals surface area contributed by atoms with Crippen molar-refractivity contribution >= 4 is 65.0 Å². The van der Waals surface area contributed by atoms with Crippen molar-refractivity contribution in [2.75, 3.05) is 140 Å². The molecule has 0 unspecified atom stereocenters. The zero-order valence-corrected chi connectivity index (χ0v) is 80.7. The van der Waals surface area contributed by atoms with E-state index in [9.17, 15) is 105 Å². The van der Waals surface area contributed by atoms with Gasteiger partial charge in [-0.05, 0) is 70.6 Å². The highest BCUT2D eigenvalue weighted by molar-refractivity contribution is 5.84. The Balaban J connectivity index is 0.864. The van der Waals surface area contributed by atoms with Gasteiger partial charge >= 0.3 is 5.97 Å². The van der Waals surface area contributed by atoms with Gasteiger partial charge in [-0.2, -0.15) is 8.78 Å². The first-order chi connectivity index (χ1) is 68.2. The van der Waals surface area contributed by atoms with Crippen LogP contribution in [0.1, 0.15) is 160 Å². The molecule has 0 aliphatic carbocycles. The summed E-state index contributed by atoms with van der Waals surface area (Å²) in [7, 11) is 3.81. The number of rotatable bonds is 70. The Morgan fingerprint density at radius 1 is 0.352 bits per heavy atom. The molecule has 0 bridgehead atoms. The highest BCUT2D eigenvalue weighted by Crippen LogP contribution is 2.32. The number of amides is 10. The predicted octanol–water partition coefficient (Wildman–Crippen LogP) is -3.35. The van der Waals surface area contributed by atoms with Crippen LogP contribution >= 0.6 is 0 Å². The summed E-state index contributed by atoms with van der Waals surface area (Å²) in [5.74, 6) is -19.5. The highest BCUT2D eigenvalue weighted by Gasteiger charge is 2.51. The summed E-state index contributed by atoms with van der Waals surface area (Å²) < 4.78 is 145. The van der Waals surface area contributed by atoms with Crippen LogP contribution < -0.4 is 57.9 Å². The molecule has 3 saturated heterocycles. The SMILES string of the molecule is CO[C@@H]1O[C@H](C(=O)NCCCc2cn(CCOCCOCCNC(=O)CCC(CCC(=O)NCCOCCOCCn3cc(CCCNC(=O)[C@H]4O[C@@H](OC)[C@H](NC(C)=O)[C@@H](O)[C@H]4O)nn3)(CCC(=O)NCCOCCOCCn3cc(CCCNC(=O)[C@H]4O[C@@H](OC)[C@H](NC(C)=O)[C@@H](O)[C@H]4O)nn3)NC(=O)CCCCCCCCCCC(=O)Oc3c(F)c(F)c(F)c(F)c3F)nn2)[C@H](O)[C@H](O)[C@H]1NC(C)=O. The summed E-state index contributed by atoms with van der Waals surface area (Å²) in [5.41, 5.74) is 0.575. The number of esters is 1. The largest absolute Gasteiger partial charge is 0.420 e. The van der Waals surface area contributed by atoms with Crippen LogP contribution in [0, 0.1) is 29.1 Å². The molecule has 3 fully saturated rings. The molecular weight excluding hydrogens is 1900 g/mol. The van der Waals surface area contributed by atoms with E-state index >= 15 is 0 Å². The Labute approximate surface area is 816 Å². The first-order valence-electron chi connectivity index (χ1n) is 47.4. The smallest absolute Gasteiger partial charge is 0.311 e. The van der Waals surface area contributed by atoms with E-state index in [1.54, 1.807) is 32.6 Å². The minimum absolute atomic E-state index is 0.0161. The Morgan fingerprint density at radius 3 is 0.944 bits per heavy atom. The number of aliphatic hydroxyl groups is 6. The molecule has 6 heterocycles. The van der Waals surface area contributed by atoms with Crippen LogP contribution in [0.15, 0.2) is 18.6 Å². The number of carbonyl (C=O) groups is 11. The first kappa shape index (κ1) is 119. The Morgan fingerprint density at radius 2 is 0.641 bits per heavy atom. The number of aryl methyl sites for hydroxylation is 3. The number of benzene rings is 1. The maximum absolute atomic E-state index is 14.2. The topological polar surface area (TPSA) is 642 Å². The lowest BCUT2D eigenvalue weighted by molar-refractivity contribution is -0.251. The molecule has 0 saturated carbocycles. The van der Waals surface area contributed by atoms with Gasteiger partial charge in [0.15, 0.2) is 37.2 Å². The third-order valence-electron chi connectivity index (χ3n) is 22.9. The van der Waals surface area contributed by atoms with E-state index < -0.39 is 197 Å². The third kappa shape index (κ3) is 41.5. The van der Waals surface area contributed by atoms with Crippen LogP contribution in [0.5, 0.6) is 5.75 Å². The number of aromatic nitrogens is 9. The molecule has 54 heteroatoms. The summed E-state index contributed by atoms with van der Waals surface area (Å²) >= 11 is 0. The number of unbranched alkanes of at least 4 members (excludes halogenated alkanes) is 7. The number of nitrogens with zero attached hydrogens (tertiary/aromatic N) is 9. The van der Waals surface area contributed by atoms with Gasteiger partial charge in [-0.25, -0.2) is 27.2 Å². The number of carbonyl (C=O) groups excluding carboxylic acids is 11. The number of hydrogen-bond acceptors (Lipinski definition) is 36.